The zero-order chi connectivity index (χ0) is 13.1. The van der Waals surface area contributed by atoms with Gasteiger partial charge in [-0.2, -0.15) is 0 Å². The summed E-state index contributed by atoms with van der Waals surface area (Å²) in [6, 6.07) is 2.25. The smallest absolute Gasteiger partial charge is 0.495 e. The molecule has 0 saturated carbocycles. The molecular formula is C10H13BF4KNO. The molecule has 8 heteroatoms. The van der Waals surface area contributed by atoms with Gasteiger partial charge in [-0.1, -0.05) is 11.5 Å². The first-order valence-corrected chi connectivity index (χ1v) is 5.07. The molecule has 1 rings (SSSR count). The molecule has 0 aliphatic heterocycles. The summed E-state index contributed by atoms with van der Waals surface area (Å²) in [6.07, 6.45) is 0. The van der Waals surface area contributed by atoms with E-state index in [2.05, 4.69) is 0 Å². The molecule has 0 aliphatic carbocycles. The standard InChI is InChI=1S/C10H13BF4NO.K/c1-16(2)5-6-17-10-7-8(12)3-4-9(10)11(13,14)15;/h3-4,7H,5-6H2,1-2H3;/q-1;+1. The first kappa shape index (κ1) is 18.4. The van der Waals surface area contributed by atoms with E-state index in [-0.39, 0.29) is 58.0 Å². The molecule has 0 bridgehead atoms. The summed E-state index contributed by atoms with van der Waals surface area (Å²) >= 11 is 0. The second-order valence-corrected chi connectivity index (χ2v) is 3.91. The van der Waals surface area contributed by atoms with Crippen LogP contribution in [0.15, 0.2) is 18.2 Å². The van der Waals surface area contributed by atoms with Crippen LogP contribution < -0.4 is 61.6 Å². The number of halogens is 4. The van der Waals surface area contributed by atoms with Gasteiger partial charge in [-0.15, -0.1) is 0 Å². The maximum atomic E-state index is 12.9. The maximum Gasteiger partial charge on any atom is 1.00 e. The van der Waals surface area contributed by atoms with E-state index in [0.717, 1.165) is 12.1 Å². The molecule has 0 heterocycles. The van der Waals surface area contributed by atoms with Gasteiger partial charge in [0.2, 0.25) is 0 Å². The molecule has 1 aromatic rings. The number of hydrogen-bond acceptors (Lipinski definition) is 2. The Hall–Kier alpha value is 0.401. The Morgan fingerprint density at radius 1 is 1.22 bits per heavy atom. The van der Waals surface area contributed by atoms with Crippen molar-refractivity contribution in [1.29, 1.82) is 0 Å². The van der Waals surface area contributed by atoms with Gasteiger partial charge in [0, 0.05) is 12.6 Å². The third kappa shape index (κ3) is 6.03. The first-order chi connectivity index (χ1) is 7.80. The summed E-state index contributed by atoms with van der Waals surface area (Å²) in [4.78, 5) is 1.76. The topological polar surface area (TPSA) is 12.5 Å². The fraction of sp³-hybridized carbons (Fsp3) is 0.400. The minimum absolute atomic E-state index is 0. The van der Waals surface area contributed by atoms with Gasteiger partial charge in [0.1, 0.15) is 12.4 Å². The number of ether oxygens (including phenoxy) is 1. The van der Waals surface area contributed by atoms with Gasteiger partial charge < -0.3 is 22.6 Å². The number of rotatable bonds is 5. The molecule has 1 aromatic carbocycles. The Kier molecular flexibility index (Phi) is 8.04. The SMILES string of the molecule is CN(C)CCOc1cc(F)ccc1[B-](F)(F)F.[K+]. The van der Waals surface area contributed by atoms with Crippen molar-refractivity contribution in [2.75, 3.05) is 27.2 Å². The predicted octanol–water partition coefficient (Wildman–Crippen LogP) is -1.18. The molecule has 0 amide bonds. The molecule has 18 heavy (non-hydrogen) atoms. The second-order valence-electron chi connectivity index (χ2n) is 3.91. The maximum absolute atomic E-state index is 12.9. The summed E-state index contributed by atoms with van der Waals surface area (Å²) in [5.41, 5.74) is -0.898. The molecule has 0 atom stereocenters. The zero-order valence-corrected chi connectivity index (χ0v) is 13.7. The molecule has 0 radical (unpaired) electrons. The predicted molar refractivity (Wildman–Crippen MR) is 59.2 cm³/mol. The van der Waals surface area contributed by atoms with E-state index in [1.807, 2.05) is 0 Å². The van der Waals surface area contributed by atoms with Crippen LogP contribution >= 0.6 is 0 Å². The minimum Gasteiger partial charge on any atom is -0.495 e. The average molecular weight is 289 g/mol. The third-order valence-corrected chi connectivity index (χ3v) is 2.12. The van der Waals surface area contributed by atoms with E-state index in [0.29, 0.717) is 12.6 Å². The van der Waals surface area contributed by atoms with Crippen LogP contribution in [0.25, 0.3) is 0 Å². The number of likely N-dealkylation sites (N-methyl/N-ethyl adjacent to an activating group) is 1. The largest absolute Gasteiger partial charge is 1.00 e. The van der Waals surface area contributed by atoms with Gasteiger partial charge in [-0.3, -0.25) is 0 Å². The fourth-order valence-corrected chi connectivity index (χ4v) is 1.24. The van der Waals surface area contributed by atoms with Crippen molar-refractivity contribution < 1.29 is 73.5 Å². The van der Waals surface area contributed by atoms with Crippen LogP contribution in [-0.4, -0.2) is 39.1 Å². The van der Waals surface area contributed by atoms with Crippen LogP contribution in [-0.2, 0) is 0 Å². The normalized spacial score (nSPS) is 11.3. The van der Waals surface area contributed by atoms with E-state index in [4.69, 9.17) is 4.74 Å². The Balaban J connectivity index is 0.00000289. The molecule has 0 N–H and O–H groups in total. The van der Waals surface area contributed by atoms with E-state index in [1.165, 1.54) is 0 Å². The third-order valence-electron chi connectivity index (χ3n) is 2.12. The Morgan fingerprint density at radius 3 is 2.33 bits per heavy atom. The van der Waals surface area contributed by atoms with E-state index < -0.39 is 24.0 Å². The van der Waals surface area contributed by atoms with Gasteiger partial charge in [0.15, 0.2) is 0 Å². The van der Waals surface area contributed by atoms with Crippen molar-refractivity contribution in [3.8, 4) is 5.75 Å². The first-order valence-electron chi connectivity index (χ1n) is 5.07. The number of benzene rings is 1. The van der Waals surface area contributed by atoms with Crippen molar-refractivity contribution >= 4 is 12.4 Å². The van der Waals surface area contributed by atoms with Crippen LogP contribution in [0.5, 0.6) is 5.75 Å². The summed E-state index contributed by atoms with van der Waals surface area (Å²) in [7, 11) is 3.53. The van der Waals surface area contributed by atoms with Crippen molar-refractivity contribution in [3.63, 3.8) is 0 Å². The minimum atomic E-state index is -5.19. The molecule has 0 aliphatic rings. The number of nitrogens with zero attached hydrogens (tertiary/aromatic N) is 1. The molecule has 0 saturated heterocycles. The molecular weight excluding hydrogens is 276 g/mol. The monoisotopic (exact) mass is 289 g/mol. The van der Waals surface area contributed by atoms with E-state index in [1.54, 1.807) is 19.0 Å². The molecule has 0 aromatic heterocycles. The van der Waals surface area contributed by atoms with Gasteiger partial charge in [0.25, 0.3) is 0 Å². The van der Waals surface area contributed by atoms with Crippen molar-refractivity contribution in [2.45, 2.75) is 0 Å². The van der Waals surface area contributed by atoms with Gasteiger partial charge in [-0.25, -0.2) is 4.39 Å². The Bertz CT molecular complexity index is 387. The zero-order valence-electron chi connectivity index (χ0n) is 10.6. The molecule has 0 fully saturated rings. The molecule has 0 spiro atoms. The van der Waals surface area contributed by atoms with Gasteiger partial charge >= 0.3 is 58.4 Å². The average Bonchev–Trinajstić information content (AvgIpc) is 2.15. The van der Waals surface area contributed by atoms with Crippen LogP contribution in [0.4, 0.5) is 17.3 Å². The van der Waals surface area contributed by atoms with E-state index in [9.17, 15) is 17.3 Å². The summed E-state index contributed by atoms with van der Waals surface area (Å²) in [5, 5.41) is 0. The van der Waals surface area contributed by atoms with Gasteiger partial charge in [-0.05, 0) is 20.2 Å². The van der Waals surface area contributed by atoms with Crippen molar-refractivity contribution in [2.24, 2.45) is 0 Å². The molecule has 2 nitrogen and oxygen atoms in total. The van der Waals surface area contributed by atoms with Crippen LogP contribution in [0.3, 0.4) is 0 Å². The van der Waals surface area contributed by atoms with Crippen LogP contribution in [0.1, 0.15) is 0 Å². The van der Waals surface area contributed by atoms with Crippen molar-refractivity contribution in [3.05, 3.63) is 24.0 Å². The van der Waals surface area contributed by atoms with E-state index >= 15 is 0 Å². The molecule has 96 valence electrons. The van der Waals surface area contributed by atoms with Crippen LogP contribution in [0.2, 0.25) is 0 Å². The second kappa shape index (κ2) is 7.86. The summed E-state index contributed by atoms with van der Waals surface area (Å²) < 4.78 is 55.7. The van der Waals surface area contributed by atoms with Gasteiger partial charge in [0.05, 0.1) is 5.75 Å². The Morgan fingerprint density at radius 2 is 1.83 bits per heavy atom. The van der Waals surface area contributed by atoms with Crippen molar-refractivity contribution in [1.82, 2.24) is 4.90 Å². The van der Waals surface area contributed by atoms with Crippen LogP contribution in [0, 0.1) is 5.82 Å². The fourth-order valence-electron chi connectivity index (χ4n) is 1.24. The number of hydrogen-bond donors (Lipinski definition) is 0. The Labute approximate surface area is 146 Å². The quantitative estimate of drug-likeness (QED) is 0.500. The summed E-state index contributed by atoms with van der Waals surface area (Å²) in [6.45, 7) is -4.65. The summed E-state index contributed by atoms with van der Waals surface area (Å²) in [5.74, 6) is -1.19. The molecule has 0 unspecified atom stereocenters.